The predicted molar refractivity (Wildman–Crippen MR) is 81.1 cm³/mol. The Bertz CT molecular complexity index is 534. The highest BCUT2D eigenvalue weighted by Gasteiger charge is 2.06. The van der Waals surface area contributed by atoms with Crippen LogP contribution in [0, 0.1) is 6.92 Å². The van der Waals surface area contributed by atoms with Crippen LogP contribution in [0.3, 0.4) is 0 Å². The quantitative estimate of drug-likeness (QED) is 0.868. The van der Waals surface area contributed by atoms with Crippen LogP contribution < -0.4 is 5.32 Å². The van der Waals surface area contributed by atoms with E-state index < -0.39 is 0 Å². The van der Waals surface area contributed by atoms with Gasteiger partial charge in [0, 0.05) is 17.9 Å². The summed E-state index contributed by atoms with van der Waals surface area (Å²) in [6, 6.07) is 13.3. The van der Waals surface area contributed by atoms with E-state index in [4.69, 9.17) is 0 Å². The normalized spacial score (nSPS) is 12.4. The van der Waals surface area contributed by atoms with Crippen molar-refractivity contribution in [3.8, 4) is 11.1 Å². The molecule has 1 unspecified atom stereocenters. The molecule has 1 aromatic heterocycles. The molecule has 0 aliphatic rings. The molecule has 0 saturated heterocycles. The molecule has 1 aromatic carbocycles. The van der Waals surface area contributed by atoms with Crippen molar-refractivity contribution < 1.29 is 0 Å². The Kier molecular flexibility index (Phi) is 4.69. The Labute approximate surface area is 115 Å². The summed E-state index contributed by atoms with van der Waals surface area (Å²) >= 11 is 0. The molecule has 0 amide bonds. The van der Waals surface area contributed by atoms with Crippen molar-refractivity contribution in [1.29, 1.82) is 0 Å². The summed E-state index contributed by atoms with van der Waals surface area (Å²) in [6.45, 7) is 7.49. The van der Waals surface area contributed by atoms with Crippen LogP contribution in [-0.2, 0) is 0 Å². The zero-order chi connectivity index (χ0) is 13.7. The third-order valence-corrected chi connectivity index (χ3v) is 3.32. The fraction of sp³-hybridized carbons (Fsp3) is 0.353. The van der Waals surface area contributed by atoms with Crippen LogP contribution in [0.1, 0.15) is 37.6 Å². The van der Waals surface area contributed by atoms with Gasteiger partial charge in [0.15, 0.2) is 0 Å². The smallest absolute Gasteiger partial charge is 0.0378 e. The van der Waals surface area contributed by atoms with E-state index >= 15 is 0 Å². The fourth-order valence-electron chi connectivity index (χ4n) is 2.19. The largest absolute Gasteiger partial charge is 0.310 e. The fourth-order valence-corrected chi connectivity index (χ4v) is 2.19. The number of nitrogens with one attached hydrogen (secondary N) is 1. The number of nitrogens with zero attached hydrogens (tertiary/aromatic N) is 1. The van der Waals surface area contributed by atoms with Crippen LogP contribution in [0.25, 0.3) is 11.1 Å². The second-order valence-electron chi connectivity index (χ2n) is 4.99. The number of pyridine rings is 1. The second-order valence-corrected chi connectivity index (χ2v) is 4.99. The van der Waals surface area contributed by atoms with Gasteiger partial charge in [-0.1, -0.05) is 25.1 Å². The van der Waals surface area contributed by atoms with Gasteiger partial charge in [0.1, 0.15) is 0 Å². The summed E-state index contributed by atoms with van der Waals surface area (Å²) in [5.74, 6) is 0. The summed E-state index contributed by atoms with van der Waals surface area (Å²) in [5, 5.41) is 3.53. The van der Waals surface area contributed by atoms with Gasteiger partial charge in [-0.3, -0.25) is 4.98 Å². The molecule has 2 rings (SSSR count). The van der Waals surface area contributed by atoms with Crippen molar-refractivity contribution in [2.45, 2.75) is 33.2 Å². The molecule has 0 bridgehead atoms. The highest BCUT2D eigenvalue weighted by Crippen LogP contribution is 2.23. The molecule has 0 fully saturated rings. The monoisotopic (exact) mass is 254 g/mol. The van der Waals surface area contributed by atoms with Crippen LogP contribution in [0.2, 0.25) is 0 Å². The molecular weight excluding hydrogens is 232 g/mol. The van der Waals surface area contributed by atoms with E-state index in [-0.39, 0.29) is 0 Å². The maximum absolute atomic E-state index is 4.25. The van der Waals surface area contributed by atoms with Gasteiger partial charge in [-0.05, 0) is 61.7 Å². The van der Waals surface area contributed by atoms with Gasteiger partial charge in [0.25, 0.3) is 0 Å². The van der Waals surface area contributed by atoms with E-state index in [9.17, 15) is 0 Å². The highest BCUT2D eigenvalue weighted by molar-refractivity contribution is 5.64. The molecule has 0 aliphatic heterocycles. The number of hydrogen-bond acceptors (Lipinski definition) is 2. The van der Waals surface area contributed by atoms with Gasteiger partial charge in [-0.25, -0.2) is 0 Å². The molecule has 1 atom stereocenters. The number of aromatic nitrogens is 1. The zero-order valence-corrected chi connectivity index (χ0v) is 12.0. The molecule has 0 spiro atoms. The van der Waals surface area contributed by atoms with E-state index in [0.29, 0.717) is 6.04 Å². The second kappa shape index (κ2) is 6.48. The van der Waals surface area contributed by atoms with Crippen LogP contribution in [0.5, 0.6) is 0 Å². The molecule has 2 heteroatoms. The summed E-state index contributed by atoms with van der Waals surface area (Å²) in [4.78, 5) is 4.25. The highest BCUT2D eigenvalue weighted by atomic mass is 14.9. The Morgan fingerprint density at radius 3 is 2.68 bits per heavy atom. The lowest BCUT2D eigenvalue weighted by atomic mass is 10.0. The summed E-state index contributed by atoms with van der Waals surface area (Å²) in [7, 11) is 0. The van der Waals surface area contributed by atoms with Gasteiger partial charge in [-0.15, -0.1) is 0 Å². The molecule has 2 nitrogen and oxygen atoms in total. The van der Waals surface area contributed by atoms with Crippen molar-refractivity contribution in [1.82, 2.24) is 10.3 Å². The van der Waals surface area contributed by atoms with E-state index in [1.807, 2.05) is 13.1 Å². The van der Waals surface area contributed by atoms with Crippen molar-refractivity contribution in [2.24, 2.45) is 0 Å². The first-order chi connectivity index (χ1) is 9.20. The van der Waals surface area contributed by atoms with Gasteiger partial charge >= 0.3 is 0 Å². The number of aryl methyl sites for hydroxylation is 1. The third kappa shape index (κ3) is 3.65. The van der Waals surface area contributed by atoms with Crippen LogP contribution in [0.4, 0.5) is 0 Å². The van der Waals surface area contributed by atoms with Gasteiger partial charge in [0.05, 0.1) is 0 Å². The zero-order valence-electron chi connectivity index (χ0n) is 12.0. The van der Waals surface area contributed by atoms with Gasteiger partial charge < -0.3 is 5.32 Å². The van der Waals surface area contributed by atoms with Gasteiger partial charge in [-0.2, -0.15) is 0 Å². The van der Waals surface area contributed by atoms with E-state index in [2.05, 4.69) is 60.5 Å². The summed E-state index contributed by atoms with van der Waals surface area (Å²) in [5.41, 5.74) is 4.88. The first kappa shape index (κ1) is 13.8. The van der Waals surface area contributed by atoms with E-state index in [0.717, 1.165) is 18.7 Å². The minimum absolute atomic E-state index is 0.392. The molecule has 0 saturated carbocycles. The lowest BCUT2D eigenvalue weighted by molar-refractivity contribution is 0.571. The Balaban J connectivity index is 2.24. The Morgan fingerprint density at radius 1 is 1.16 bits per heavy atom. The molecule has 19 heavy (non-hydrogen) atoms. The molecule has 2 aromatic rings. The molecule has 100 valence electrons. The first-order valence-electron chi connectivity index (χ1n) is 6.97. The number of benzene rings is 1. The lowest BCUT2D eigenvalue weighted by Gasteiger charge is -2.15. The summed E-state index contributed by atoms with van der Waals surface area (Å²) in [6.07, 6.45) is 3.03. The maximum atomic E-state index is 4.25. The molecule has 0 aliphatic carbocycles. The predicted octanol–water partition coefficient (Wildman–Crippen LogP) is 4.12. The maximum Gasteiger partial charge on any atom is 0.0378 e. The average Bonchev–Trinajstić information content (AvgIpc) is 2.45. The standard InChI is InChI=1S/C17H22N2/c1-4-9-19-14(3)15-6-5-7-16(12-15)17-8-10-18-13(2)11-17/h5-8,10-12,14,19H,4,9H2,1-3H3. The van der Waals surface area contributed by atoms with Gasteiger partial charge in [0.2, 0.25) is 0 Å². The number of rotatable bonds is 5. The van der Waals surface area contributed by atoms with Crippen molar-refractivity contribution in [3.63, 3.8) is 0 Å². The molecule has 1 heterocycles. The van der Waals surface area contributed by atoms with Crippen molar-refractivity contribution in [2.75, 3.05) is 6.54 Å². The van der Waals surface area contributed by atoms with Crippen LogP contribution in [0.15, 0.2) is 42.6 Å². The lowest BCUT2D eigenvalue weighted by Crippen LogP contribution is -2.19. The Hall–Kier alpha value is -1.67. The molecular formula is C17H22N2. The third-order valence-electron chi connectivity index (χ3n) is 3.32. The minimum atomic E-state index is 0.392. The van der Waals surface area contributed by atoms with Crippen molar-refractivity contribution in [3.05, 3.63) is 53.9 Å². The molecule has 1 N–H and O–H groups in total. The topological polar surface area (TPSA) is 24.9 Å². The Morgan fingerprint density at radius 2 is 1.95 bits per heavy atom. The minimum Gasteiger partial charge on any atom is -0.310 e. The van der Waals surface area contributed by atoms with E-state index in [1.165, 1.54) is 16.7 Å². The first-order valence-corrected chi connectivity index (χ1v) is 6.97. The molecule has 0 radical (unpaired) electrons. The average molecular weight is 254 g/mol. The van der Waals surface area contributed by atoms with Crippen LogP contribution >= 0.6 is 0 Å². The number of hydrogen-bond donors (Lipinski definition) is 1. The van der Waals surface area contributed by atoms with E-state index in [1.54, 1.807) is 0 Å². The van der Waals surface area contributed by atoms with Crippen LogP contribution in [-0.4, -0.2) is 11.5 Å². The summed E-state index contributed by atoms with van der Waals surface area (Å²) < 4.78 is 0. The SMILES string of the molecule is CCCNC(C)c1cccc(-c2ccnc(C)c2)c1. The van der Waals surface area contributed by atoms with Crippen molar-refractivity contribution >= 4 is 0 Å².